The number of hydrogen-bond donors (Lipinski definition) is 1. The first kappa shape index (κ1) is 15.5. The van der Waals surface area contributed by atoms with Crippen LogP contribution in [0, 0.1) is 12.7 Å². The maximum Gasteiger partial charge on any atom is 0.151 e. The van der Waals surface area contributed by atoms with Crippen LogP contribution in [0.15, 0.2) is 42.5 Å². The van der Waals surface area contributed by atoms with Crippen molar-refractivity contribution in [2.45, 2.75) is 19.2 Å². The number of sulfone groups is 1. The molecule has 5 heteroatoms. The number of halogens is 1. The molecular weight excluding hydrogens is 289 g/mol. The minimum atomic E-state index is -3.09. The Balaban J connectivity index is 2.16. The molecule has 0 aliphatic carbocycles. The molecule has 0 bridgehead atoms. The molecule has 0 aromatic heterocycles. The van der Waals surface area contributed by atoms with Gasteiger partial charge in [-0.05, 0) is 41.8 Å². The van der Waals surface area contributed by atoms with Gasteiger partial charge in [-0.3, -0.25) is 0 Å². The van der Waals surface area contributed by atoms with Crippen LogP contribution in [0.3, 0.4) is 0 Å². The lowest BCUT2D eigenvalue weighted by Crippen LogP contribution is -2.07. The summed E-state index contributed by atoms with van der Waals surface area (Å²) in [7, 11) is -3.09. The Labute approximate surface area is 124 Å². The fourth-order valence-corrected chi connectivity index (χ4v) is 2.97. The quantitative estimate of drug-likeness (QED) is 0.922. The molecular formula is C16H18FNO2S. The van der Waals surface area contributed by atoms with E-state index in [4.69, 9.17) is 0 Å². The van der Waals surface area contributed by atoms with E-state index in [1.54, 1.807) is 12.1 Å². The fourth-order valence-electron chi connectivity index (χ4n) is 2.15. The van der Waals surface area contributed by atoms with Crippen molar-refractivity contribution in [2.24, 2.45) is 0 Å². The zero-order valence-corrected chi connectivity index (χ0v) is 12.9. The first-order valence-corrected chi connectivity index (χ1v) is 8.66. The van der Waals surface area contributed by atoms with E-state index in [9.17, 15) is 12.8 Å². The van der Waals surface area contributed by atoms with Crippen LogP contribution in [0.1, 0.15) is 16.7 Å². The van der Waals surface area contributed by atoms with Crippen LogP contribution < -0.4 is 5.32 Å². The van der Waals surface area contributed by atoms with Gasteiger partial charge in [-0.15, -0.1) is 0 Å². The minimum absolute atomic E-state index is 0.00142. The number of aryl methyl sites for hydroxylation is 1. The first-order valence-electron chi connectivity index (χ1n) is 6.60. The lowest BCUT2D eigenvalue weighted by atomic mass is 10.1. The molecule has 0 amide bonds. The summed E-state index contributed by atoms with van der Waals surface area (Å²) in [5.41, 5.74) is 3.36. The third-order valence-electron chi connectivity index (χ3n) is 3.21. The van der Waals surface area contributed by atoms with E-state index >= 15 is 0 Å². The topological polar surface area (TPSA) is 46.2 Å². The van der Waals surface area contributed by atoms with Crippen LogP contribution in [0.4, 0.5) is 10.1 Å². The minimum Gasteiger partial charge on any atom is -0.381 e. The first-order chi connectivity index (χ1) is 9.85. The maximum absolute atomic E-state index is 13.1. The summed E-state index contributed by atoms with van der Waals surface area (Å²) < 4.78 is 36.0. The number of para-hydroxylation sites is 1. The molecule has 0 saturated carbocycles. The highest BCUT2D eigenvalue weighted by atomic mass is 32.2. The second-order valence-electron chi connectivity index (χ2n) is 5.15. The summed E-state index contributed by atoms with van der Waals surface area (Å²) in [5, 5.41) is 3.23. The largest absolute Gasteiger partial charge is 0.381 e. The lowest BCUT2D eigenvalue weighted by molar-refractivity contribution is 0.601. The van der Waals surface area contributed by atoms with Crippen molar-refractivity contribution in [2.75, 3.05) is 11.6 Å². The molecule has 1 N–H and O–H groups in total. The van der Waals surface area contributed by atoms with E-state index in [1.807, 2.05) is 25.1 Å². The second-order valence-corrected chi connectivity index (χ2v) is 7.29. The van der Waals surface area contributed by atoms with Crippen molar-refractivity contribution >= 4 is 15.5 Å². The van der Waals surface area contributed by atoms with Gasteiger partial charge in [0.15, 0.2) is 9.84 Å². The molecule has 0 heterocycles. The maximum atomic E-state index is 13.1. The van der Waals surface area contributed by atoms with Crippen molar-refractivity contribution < 1.29 is 12.8 Å². The Hall–Kier alpha value is -1.88. The van der Waals surface area contributed by atoms with Crippen molar-refractivity contribution in [3.63, 3.8) is 0 Å². The van der Waals surface area contributed by atoms with Crippen molar-refractivity contribution in [1.29, 1.82) is 0 Å². The van der Waals surface area contributed by atoms with Gasteiger partial charge in [-0.1, -0.05) is 24.3 Å². The zero-order chi connectivity index (χ0) is 15.5. The standard InChI is InChI=1S/C16H18FNO2S/c1-12-9-15(17)8-7-13(12)10-18-16-6-4-3-5-14(16)11-21(2,19)20/h3-9,18H,10-11H2,1-2H3. The average Bonchev–Trinajstić information content (AvgIpc) is 2.37. The van der Waals surface area contributed by atoms with Gasteiger partial charge in [0.2, 0.25) is 0 Å². The highest BCUT2D eigenvalue weighted by molar-refractivity contribution is 7.89. The highest BCUT2D eigenvalue weighted by Crippen LogP contribution is 2.19. The monoisotopic (exact) mass is 307 g/mol. The van der Waals surface area contributed by atoms with Gasteiger partial charge in [0.1, 0.15) is 5.82 Å². The van der Waals surface area contributed by atoms with E-state index in [1.165, 1.54) is 18.4 Å². The van der Waals surface area contributed by atoms with E-state index in [2.05, 4.69) is 5.32 Å². The molecule has 2 aromatic carbocycles. The van der Waals surface area contributed by atoms with Crippen LogP contribution in [-0.4, -0.2) is 14.7 Å². The molecule has 0 saturated heterocycles. The fraction of sp³-hybridized carbons (Fsp3) is 0.250. The molecule has 0 radical (unpaired) electrons. The predicted molar refractivity (Wildman–Crippen MR) is 83.5 cm³/mol. The van der Waals surface area contributed by atoms with E-state index in [0.717, 1.165) is 22.4 Å². The van der Waals surface area contributed by atoms with Gasteiger partial charge in [-0.2, -0.15) is 0 Å². The van der Waals surface area contributed by atoms with E-state index in [-0.39, 0.29) is 11.6 Å². The van der Waals surface area contributed by atoms with E-state index < -0.39 is 9.84 Å². The highest BCUT2D eigenvalue weighted by Gasteiger charge is 2.09. The Morgan fingerprint density at radius 1 is 1.10 bits per heavy atom. The van der Waals surface area contributed by atoms with Gasteiger partial charge in [0.05, 0.1) is 5.75 Å². The molecule has 0 atom stereocenters. The molecule has 0 aliphatic rings. The molecule has 2 aromatic rings. The molecule has 21 heavy (non-hydrogen) atoms. The number of hydrogen-bond acceptors (Lipinski definition) is 3. The van der Waals surface area contributed by atoms with Gasteiger partial charge in [0, 0.05) is 18.5 Å². The molecule has 112 valence electrons. The summed E-state index contributed by atoms with van der Waals surface area (Å²) in [6, 6.07) is 11.9. The summed E-state index contributed by atoms with van der Waals surface area (Å²) >= 11 is 0. The summed E-state index contributed by atoms with van der Waals surface area (Å²) in [4.78, 5) is 0. The Bertz CT molecular complexity index is 742. The van der Waals surface area contributed by atoms with Crippen molar-refractivity contribution in [3.8, 4) is 0 Å². The van der Waals surface area contributed by atoms with Crippen molar-refractivity contribution in [3.05, 3.63) is 65.0 Å². The number of nitrogens with one attached hydrogen (secondary N) is 1. The smallest absolute Gasteiger partial charge is 0.151 e. The van der Waals surface area contributed by atoms with Crippen LogP contribution in [0.5, 0.6) is 0 Å². The second kappa shape index (κ2) is 6.26. The Kier molecular flexibility index (Phi) is 4.63. The summed E-state index contributed by atoms with van der Waals surface area (Å²) in [6.45, 7) is 2.37. The van der Waals surface area contributed by atoms with Crippen LogP contribution in [-0.2, 0) is 22.1 Å². The predicted octanol–water partition coefficient (Wildman–Crippen LogP) is 3.29. The molecule has 3 nitrogen and oxygen atoms in total. The van der Waals surface area contributed by atoms with Gasteiger partial charge in [0.25, 0.3) is 0 Å². The summed E-state index contributed by atoms with van der Waals surface area (Å²) in [5.74, 6) is -0.257. The molecule has 2 rings (SSSR count). The number of anilines is 1. The normalized spacial score (nSPS) is 11.4. The van der Waals surface area contributed by atoms with E-state index in [0.29, 0.717) is 6.54 Å². The molecule has 0 unspecified atom stereocenters. The SMILES string of the molecule is Cc1cc(F)ccc1CNc1ccccc1CS(C)(=O)=O. The van der Waals surface area contributed by atoms with Crippen molar-refractivity contribution in [1.82, 2.24) is 0 Å². The van der Waals surface area contributed by atoms with Gasteiger partial charge in [-0.25, -0.2) is 12.8 Å². The molecule has 0 aliphatic heterocycles. The Morgan fingerprint density at radius 2 is 1.81 bits per heavy atom. The Morgan fingerprint density at radius 3 is 2.48 bits per heavy atom. The number of rotatable bonds is 5. The summed E-state index contributed by atoms with van der Waals surface area (Å²) in [6.07, 6.45) is 1.22. The van der Waals surface area contributed by atoms with Crippen LogP contribution >= 0.6 is 0 Å². The zero-order valence-electron chi connectivity index (χ0n) is 12.1. The lowest BCUT2D eigenvalue weighted by Gasteiger charge is -2.13. The van der Waals surface area contributed by atoms with Gasteiger partial charge >= 0.3 is 0 Å². The third kappa shape index (κ3) is 4.56. The van der Waals surface area contributed by atoms with Gasteiger partial charge < -0.3 is 5.32 Å². The van der Waals surface area contributed by atoms with Crippen LogP contribution in [0.25, 0.3) is 0 Å². The molecule has 0 spiro atoms. The third-order valence-corrected chi connectivity index (χ3v) is 4.04. The average molecular weight is 307 g/mol. The molecule has 0 fully saturated rings. The van der Waals surface area contributed by atoms with Crippen LogP contribution in [0.2, 0.25) is 0 Å². The number of benzene rings is 2.